The van der Waals surface area contributed by atoms with E-state index in [1.54, 1.807) is 13.8 Å². The van der Waals surface area contributed by atoms with Crippen LogP contribution in [0.1, 0.15) is 50.4 Å². The molecule has 2 aromatic heterocycles. The molecule has 0 bridgehead atoms. The number of aliphatic hydroxyl groups is 1. The highest BCUT2D eigenvalue weighted by atomic mass is 35.5. The van der Waals surface area contributed by atoms with Gasteiger partial charge in [-0.3, -0.25) is 0 Å². The van der Waals surface area contributed by atoms with E-state index in [0.29, 0.717) is 39.2 Å². The number of anilines is 4. The molecule has 0 unspecified atom stereocenters. The number of nitrogens with one attached hydrogen (secondary N) is 1. The number of hydrogen-bond donors (Lipinski definition) is 4. The Balaban J connectivity index is 0.000000445. The molecule has 4 rings (SSSR count). The molecule has 0 saturated carbocycles. The van der Waals surface area contributed by atoms with Gasteiger partial charge in [-0.2, -0.15) is 5.26 Å². The predicted octanol–water partition coefficient (Wildman–Crippen LogP) is 7.77. The van der Waals surface area contributed by atoms with Crippen molar-refractivity contribution in [1.29, 1.82) is 5.26 Å². The fourth-order valence-corrected chi connectivity index (χ4v) is 5.47. The standard InChI is InChI=1S/C23H19ClN6S2.C7H16O2/c1-13-5-7-14(8-6-13)19-18(10-25)22(30-21(27)20(19)26)31-11-17-12-32-23(29-17)28-16-4-2-3-15(24)9-16;1-4-5-6-9-7(2,3)8/h2-9,12H,11,26H2,1H3,(H2,27,30)(H,28,29);8H,4-6H2,1-3H3. The van der Waals surface area contributed by atoms with Crippen LogP contribution in [0.15, 0.2) is 58.9 Å². The summed E-state index contributed by atoms with van der Waals surface area (Å²) < 4.78 is 5.03. The Morgan fingerprint density at radius 2 is 1.90 bits per heavy atom. The molecule has 216 valence electrons. The van der Waals surface area contributed by atoms with Crippen molar-refractivity contribution in [2.24, 2.45) is 0 Å². The second-order valence-electron chi connectivity index (χ2n) is 9.66. The smallest absolute Gasteiger partial charge is 0.187 e. The van der Waals surface area contributed by atoms with Gasteiger partial charge in [-0.05, 0) is 51.0 Å². The van der Waals surface area contributed by atoms with Gasteiger partial charge in [0.25, 0.3) is 0 Å². The number of thioether (sulfide) groups is 1. The van der Waals surface area contributed by atoms with Gasteiger partial charge in [0.2, 0.25) is 0 Å². The van der Waals surface area contributed by atoms with E-state index in [0.717, 1.165) is 40.5 Å². The Morgan fingerprint density at radius 3 is 2.54 bits per heavy atom. The Kier molecular flexibility index (Phi) is 11.8. The highest BCUT2D eigenvalue weighted by Gasteiger charge is 2.19. The van der Waals surface area contributed by atoms with Gasteiger partial charge in [0, 0.05) is 34.0 Å². The van der Waals surface area contributed by atoms with Gasteiger partial charge < -0.3 is 26.6 Å². The van der Waals surface area contributed by atoms with Crippen LogP contribution in [0.3, 0.4) is 0 Å². The number of nitriles is 1. The third kappa shape index (κ3) is 9.92. The minimum absolute atomic E-state index is 0.212. The molecule has 0 radical (unpaired) electrons. The van der Waals surface area contributed by atoms with Crippen LogP contribution in [0.5, 0.6) is 0 Å². The first-order chi connectivity index (χ1) is 19.5. The van der Waals surface area contributed by atoms with Gasteiger partial charge in [-0.15, -0.1) is 11.3 Å². The lowest BCUT2D eigenvalue weighted by atomic mass is 9.99. The summed E-state index contributed by atoms with van der Waals surface area (Å²) in [4.78, 5) is 9.00. The lowest BCUT2D eigenvalue weighted by Gasteiger charge is -2.17. The third-order valence-electron chi connectivity index (χ3n) is 5.62. The molecule has 0 aliphatic heterocycles. The van der Waals surface area contributed by atoms with Crippen molar-refractivity contribution >= 4 is 57.0 Å². The summed E-state index contributed by atoms with van der Waals surface area (Å²) in [5, 5.41) is 26.1. The summed E-state index contributed by atoms with van der Waals surface area (Å²) in [5.74, 6) is -0.204. The van der Waals surface area contributed by atoms with E-state index in [4.69, 9.17) is 32.9 Å². The van der Waals surface area contributed by atoms with Crippen LogP contribution in [0.25, 0.3) is 11.1 Å². The first-order valence-electron chi connectivity index (χ1n) is 13.0. The quantitative estimate of drug-likeness (QED) is 0.0803. The number of ether oxygens (including phenoxy) is 1. The van der Waals surface area contributed by atoms with Crippen molar-refractivity contribution in [3.8, 4) is 17.2 Å². The fraction of sp³-hybridized carbons (Fsp3) is 0.300. The van der Waals surface area contributed by atoms with Crippen molar-refractivity contribution < 1.29 is 9.84 Å². The molecule has 0 amide bonds. The van der Waals surface area contributed by atoms with E-state index in [-0.39, 0.29) is 5.82 Å². The summed E-state index contributed by atoms with van der Waals surface area (Å²) in [6, 6.07) is 17.5. The number of pyridine rings is 1. The lowest BCUT2D eigenvalue weighted by molar-refractivity contribution is -0.176. The van der Waals surface area contributed by atoms with Gasteiger partial charge >= 0.3 is 0 Å². The molecule has 0 fully saturated rings. The Hall–Kier alpha value is -3.33. The highest BCUT2D eigenvalue weighted by molar-refractivity contribution is 7.98. The lowest BCUT2D eigenvalue weighted by Crippen LogP contribution is -2.23. The summed E-state index contributed by atoms with van der Waals surface area (Å²) >= 11 is 8.94. The Bertz CT molecular complexity index is 1480. The van der Waals surface area contributed by atoms with E-state index >= 15 is 0 Å². The normalized spacial score (nSPS) is 11.0. The highest BCUT2D eigenvalue weighted by Crippen LogP contribution is 2.38. The molecular weight excluding hydrogens is 576 g/mol. The number of aromatic nitrogens is 2. The average Bonchev–Trinajstić information content (AvgIpc) is 3.36. The van der Waals surface area contributed by atoms with Crippen molar-refractivity contribution in [3.63, 3.8) is 0 Å². The van der Waals surface area contributed by atoms with Crippen LogP contribution in [0.4, 0.5) is 22.3 Å². The minimum Gasteiger partial charge on any atom is -0.395 e. The molecule has 4 aromatic rings. The maximum atomic E-state index is 9.88. The molecule has 2 heterocycles. The molecule has 11 heteroatoms. The van der Waals surface area contributed by atoms with Gasteiger partial charge in [-0.1, -0.05) is 72.6 Å². The van der Waals surface area contributed by atoms with Gasteiger partial charge in [0.1, 0.15) is 16.9 Å². The van der Waals surface area contributed by atoms with Crippen molar-refractivity contribution in [3.05, 3.63) is 75.8 Å². The number of benzene rings is 2. The number of nitrogens with zero attached hydrogens (tertiary/aromatic N) is 3. The van der Waals surface area contributed by atoms with Crippen molar-refractivity contribution in [2.45, 2.75) is 57.1 Å². The number of aryl methyl sites for hydroxylation is 1. The molecule has 0 spiro atoms. The van der Waals surface area contributed by atoms with Crippen LogP contribution in [0, 0.1) is 18.3 Å². The largest absolute Gasteiger partial charge is 0.395 e. The maximum Gasteiger partial charge on any atom is 0.187 e. The van der Waals surface area contributed by atoms with Crippen LogP contribution >= 0.6 is 34.7 Å². The molecular formula is C30H35ClN6O2S2. The third-order valence-corrected chi connectivity index (χ3v) is 7.67. The molecule has 2 aromatic carbocycles. The van der Waals surface area contributed by atoms with Crippen LogP contribution in [-0.2, 0) is 10.5 Å². The number of halogens is 1. The zero-order chi connectivity index (χ0) is 30.0. The molecule has 0 atom stereocenters. The van der Waals surface area contributed by atoms with E-state index in [1.807, 2.05) is 60.8 Å². The predicted molar refractivity (Wildman–Crippen MR) is 172 cm³/mol. The summed E-state index contributed by atoms with van der Waals surface area (Å²) in [6.45, 7) is 8.03. The fourth-order valence-electron chi connectivity index (χ4n) is 3.55. The van der Waals surface area contributed by atoms with Gasteiger partial charge in [0.05, 0.1) is 16.9 Å². The maximum absolute atomic E-state index is 9.88. The summed E-state index contributed by atoms with van der Waals surface area (Å²) in [6.07, 6.45) is 2.13. The number of nitrogens with two attached hydrogens (primary N) is 2. The van der Waals surface area contributed by atoms with Crippen molar-refractivity contribution in [2.75, 3.05) is 23.4 Å². The van der Waals surface area contributed by atoms with E-state index in [9.17, 15) is 5.26 Å². The number of hydrogen-bond acceptors (Lipinski definition) is 10. The molecule has 41 heavy (non-hydrogen) atoms. The van der Waals surface area contributed by atoms with Gasteiger partial charge in [0.15, 0.2) is 10.9 Å². The van der Waals surface area contributed by atoms with E-state index in [2.05, 4.69) is 28.3 Å². The Morgan fingerprint density at radius 1 is 1.17 bits per heavy atom. The molecule has 6 N–H and O–H groups in total. The number of nitrogen functional groups attached to an aromatic ring is 2. The average molecular weight is 611 g/mol. The minimum atomic E-state index is -0.949. The zero-order valence-electron chi connectivity index (χ0n) is 23.6. The topological polar surface area (TPSA) is 143 Å². The number of thiazole rings is 1. The first kappa shape index (κ1) is 32.2. The monoisotopic (exact) mass is 610 g/mol. The first-order valence-corrected chi connectivity index (χ1v) is 15.3. The van der Waals surface area contributed by atoms with E-state index < -0.39 is 5.79 Å². The number of unbranched alkanes of at least 4 members (excludes halogenated alkanes) is 1. The zero-order valence-corrected chi connectivity index (χ0v) is 26.0. The molecule has 0 aliphatic carbocycles. The Labute approximate surface area is 254 Å². The summed E-state index contributed by atoms with van der Waals surface area (Å²) in [5.41, 5.74) is 17.3. The van der Waals surface area contributed by atoms with Crippen LogP contribution in [-0.4, -0.2) is 27.5 Å². The SMILES string of the molecule is CCCCOC(C)(C)O.Cc1ccc(-c2c(N)c(N)nc(SCc3csc(Nc4cccc(Cl)c4)n3)c2C#N)cc1. The molecule has 0 saturated heterocycles. The summed E-state index contributed by atoms with van der Waals surface area (Å²) in [7, 11) is 0. The molecule has 8 nitrogen and oxygen atoms in total. The van der Waals surface area contributed by atoms with Gasteiger partial charge in [-0.25, -0.2) is 9.97 Å². The van der Waals surface area contributed by atoms with Crippen LogP contribution in [0.2, 0.25) is 5.02 Å². The van der Waals surface area contributed by atoms with E-state index in [1.165, 1.54) is 23.1 Å². The van der Waals surface area contributed by atoms with Crippen LogP contribution < -0.4 is 16.8 Å². The van der Waals surface area contributed by atoms with Crippen molar-refractivity contribution in [1.82, 2.24) is 9.97 Å². The molecule has 0 aliphatic rings. The second kappa shape index (κ2) is 15.1. The second-order valence-corrected chi connectivity index (χ2v) is 11.9. The number of rotatable bonds is 10.